The number of benzene rings is 2. The van der Waals surface area contributed by atoms with E-state index in [2.05, 4.69) is 52.7 Å². The molecule has 37 heavy (non-hydrogen) atoms. The minimum absolute atomic E-state index is 0.0752. The van der Waals surface area contributed by atoms with E-state index in [-0.39, 0.29) is 18.0 Å². The Kier molecular flexibility index (Phi) is 9.99. The Labute approximate surface area is 232 Å². The van der Waals surface area contributed by atoms with Gasteiger partial charge in [-0.25, -0.2) is 0 Å². The van der Waals surface area contributed by atoms with E-state index < -0.39 is 7.05 Å². The molecule has 2 fully saturated rings. The van der Waals surface area contributed by atoms with E-state index in [9.17, 15) is 9.82 Å². The van der Waals surface area contributed by atoms with Gasteiger partial charge in [-0.2, -0.15) is 0 Å². The smallest absolute Gasteiger partial charge is 0.376 e. The highest BCUT2D eigenvalue weighted by Gasteiger charge is 2.36. The molecule has 8 heteroatoms. The van der Waals surface area contributed by atoms with Crippen LogP contribution < -0.4 is 0 Å². The van der Waals surface area contributed by atoms with Crippen LogP contribution in [0, 0.1) is 11.8 Å². The summed E-state index contributed by atoms with van der Waals surface area (Å²) in [5.74, 6) is 1.19. The van der Waals surface area contributed by atoms with Gasteiger partial charge in [0.2, 0.25) is 5.91 Å². The van der Waals surface area contributed by atoms with Gasteiger partial charge < -0.3 is 14.7 Å². The van der Waals surface area contributed by atoms with Gasteiger partial charge in [0.15, 0.2) is 0 Å². The van der Waals surface area contributed by atoms with Gasteiger partial charge in [0.1, 0.15) is 0 Å². The number of carbonyl (C=O) groups is 1. The predicted molar refractivity (Wildman–Crippen MR) is 154 cm³/mol. The molecular formula is C29H40BCl2N3O2. The largest absolute Gasteiger partial charge is 0.437 e. The van der Waals surface area contributed by atoms with E-state index in [0.29, 0.717) is 18.3 Å². The van der Waals surface area contributed by atoms with Crippen LogP contribution in [0.15, 0.2) is 48.5 Å². The van der Waals surface area contributed by atoms with Crippen molar-refractivity contribution in [2.75, 3.05) is 32.7 Å². The molecule has 2 aliphatic heterocycles. The third kappa shape index (κ3) is 7.51. The van der Waals surface area contributed by atoms with E-state index in [1.54, 1.807) is 0 Å². The number of rotatable bonds is 8. The lowest BCUT2D eigenvalue weighted by Gasteiger charge is -2.46. The van der Waals surface area contributed by atoms with Crippen molar-refractivity contribution in [3.05, 3.63) is 69.7 Å². The highest BCUT2D eigenvalue weighted by Crippen LogP contribution is 2.34. The van der Waals surface area contributed by atoms with Crippen LogP contribution in [0.3, 0.4) is 0 Å². The molecule has 5 nitrogen and oxygen atoms in total. The second-order valence-electron chi connectivity index (χ2n) is 11.2. The van der Waals surface area contributed by atoms with Crippen LogP contribution in [-0.2, 0) is 4.79 Å². The van der Waals surface area contributed by atoms with E-state index in [1.807, 2.05) is 31.1 Å². The lowest BCUT2D eigenvalue weighted by molar-refractivity contribution is -0.138. The summed E-state index contributed by atoms with van der Waals surface area (Å²) >= 11 is 12.4. The molecule has 0 spiro atoms. The normalized spacial score (nSPS) is 20.1. The van der Waals surface area contributed by atoms with Gasteiger partial charge >= 0.3 is 7.05 Å². The number of halogens is 2. The first-order valence-corrected chi connectivity index (χ1v) is 14.4. The van der Waals surface area contributed by atoms with E-state index in [1.165, 1.54) is 11.1 Å². The molecule has 2 aromatic rings. The monoisotopic (exact) mass is 543 g/mol. The van der Waals surface area contributed by atoms with Gasteiger partial charge in [-0.1, -0.05) is 61.3 Å². The zero-order valence-electron chi connectivity index (χ0n) is 22.3. The van der Waals surface area contributed by atoms with Crippen molar-refractivity contribution in [3.63, 3.8) is 0 Å². The molecule has 1 N–H and O–H groups in total. The SMILES string of the molecule is CB(O)N1CCC(CC(=O)N2CCN(C(c3ccc(Cl)cc3)c3ccc(Cl)cc3)C[C@@H]2CC(C)C)CC1. The molecule has 2 aromatic carbocycles. The van der Waals surface area contributed by atoms with Gasteiger partial charge in [-0.3, -0.25) is 9.69 Å². The first kappa shape index (κ1) is 28.4. The Morgan fingerprint density at radius 3 is 1.97 bits per heavy atom. The summed E-state index contributed by atoms with van der Waals surface area (Å²) in [5, 5.41) is 11.3. The zero-order valence-corrected chi connectivity index (χ0v) is 23.8. The molecule has 0 aliphatic carbocycles. The Morgan fingerprint density at radius 2 is 1.49 bits per heavy atom. The van der Waals surface area contributed by atoms with Crippen molar-refractivity contribution >= 4 is 36.2 Å². The summed E-state index contributed by atoms with van der Waals surface area (Å²) in [5.41, 5.74) is 2.39. The molecule has 2 heterocycles. The van der Waals surface area contributed by atoms with Gasteiger partial charge in [-0.15, -0.1) is 0 Å². The molecule has 1 amide bonds. The fraction of sp³-hybridized carbons (Fsp3) is 0.552. The third-order valence-corrected chi connectivity index (χ3v) is 8.46. The lowest BCUT2D eigenvalue weighted by Crippen LogP contribution is -2.56. The quantitative estimate of drug-likeness (QED) is 0.424. The molecule has 0 radical (unpaired) electrons. The van der Waals surface area contributed by atoms with Crippen molar-refractivity contribution in [2.24, 2.45) is 11.8 Å². The van der Waals surface area contributed by atoms with Crippen molar-refractivity contribution in [2.45, 2.75) is 58.4 Å². The summed E-state index contributed by atoms with van der Waals surface area (Å²) in [6.07, 6.45) is 3.54. The summed E-state index contributed by atoms with van der Waals surface area (Å²) < 4.78 is 0. The standard InChI is InChI=1S/C29H40BCl2N3O2/c1-21(2)18-27-20-33(16-17-35(27)28(36)19-22-12-14-34(15-13-22)30(3)37)29(23-4-8-25(31)9-5-23)24-6-10-26(32)11-7-24/h4-11,21-22,27,29,37H,12-20H2,1-3H3/t27-/m0/s1. The van der Waals surface area contributed by atoms with Crippen LogP contribution in [0.1, 0.15) is 56.7 Å². The maximum absolute atomic E-state index is 13.6. The maximum atomic E-state index is 13.6. The van der Waals surface area contributed by atoms with Crippen LogP contribution >= 0.6 is 23.2 Å². The first-order valence-electron chi connectivity index (χ1n) is 13.7. The molecule has 0 bridgehead atoms. The summed E-state index contributed by atoms with van der Waals surface area (Å²) in [6, 6.07) is 16.5. The Balaban J connectivity index is 1.50. The number of hydrogen-bond acceptors (Lipinski definition) is 4. The van der Waals surface area contributed by atoms with Gasteiger partial charge in [-0.05, 0) is 86.4 Å². The average Bonchev–Trinajstić information content (AvgIpc) is 2.86. The fourth-order valence-corrected chi connectivity index (χ4v) is 6.24. The summed E-state index contributed by atoms with van der Waals surface area (Å²) in [7, 11) is -0.408. The number of nitrogens with zero attached hydrogens (tertiary/aromatic N) is 3. The van der Waals surface area contributed by atoms with E-state index in [0.717, 1.165) is 62.0 Å². The molecule has 0 aromatic heterocycles. The zero-order chi connectivity index (χ0) is 26.5. The molecule has 1 atom stereocenters. The topological polar surface area (TPSA) is 47.0 Å². The molecule has 0 unspecified atom stereocenters. The van der Waals surface area contributed by atoms with Crippen LogP contribution in [0.25, 0.3) is 0 Å². The third-order valence-electron chi connectivity index (χ3n) is 7.96. The van der Waals surface area contributed by atoms with Gasteiger partial charge in [0.25, 0.3) is 0 Å². The number of hydrogen-bond donors (Lipinski definition) is 1. The fourth-order valence-electron chi connectivity index (χ4n) is 5.99. The number of piperazine rings is 1. The van der Waals surface area contributed by atoms with Crippen LogP contribution in [0.2, 0.25) is 16.9 Å². The van der Waals surface area contributed by atoms with Crippen molar-refractivity contribution in [1.82, 2.24) is 14.6 Å². The molecule has 2 aliphatic rings. The number of amides is 1. The second kappa shape index (κ2) is 13.0. The van der Waals surface area contributed by atoms with Crippen LogP contribution in [0.5, 0.6) is 0 Å². The maximum Gasteiger partial charge on any atom is 0.376 e. The Hall–Kier alpha value is -1.57. The molecule has 2 saturated heterocycles. The van der Waals surface area contributed by atoms with Crippen LogP contribution in [0.4, 0.5) is 0 Å². The lowest BCUT2D eigenvalue weighted by atomic mass is 9.80. The van der Waals surface area contributed by atoms with E-state index in [4.69, 9.17) is 23.2 Å². The predicted octanol–water partition coefficient (Wildman–Crippen LogP) is 5.85. The summed E-state index contributed by atoms with van der Waals surface area (Å²) in [4.78, 5) is 20.4. The van der Waals surface area contributed by atoms with Gasteiger partial charge in [0.05, 0.1) is 6.04 Å². The Morgan fingerprint density at radius 1 is 0.946 bits per heavy atom. The summed E-state index contributed by atoms with van der Waals surface area (Å²) in [6.45, 7) is 10.4. The highest BCUT2D eigenvalue weighted by atomic mass is 35.5. The second-order valence-corrected chi connectivity index (χ2v) is 12.1. The molecule has 0 saturated carbocycles. The minimum atomic E-state index is -0.408. The van der Waals surface area contributed by atoms with Crippen molar-refractivity contribution in [1.29, 1.82) is 0 Å². The number of carbonyl (C=O) groups excluding carboxylic acids is 1. The highest BCUT2D eigenvalue weighted by molar-refractivity contribution is 6.45. The van der Waals surface area contributed by atoms with Crippen molar-refractivity contribution < 1.29 is 9.82 Å². The minimum Gasteiger partial charge on any atom is -0.437 e. The Bertz CT molecular complexity index is 965. The molecule has 200 valence electrons. The number of piperidine rings is 1. The molecular weight excluding hydrogens is 504 g/mol. The van der Waals surface area contributed by atoms with Crippen LogP contribution in [-0.4, -0.2) is 71.4 Å². The molecule has 4 rings (SSSR count). The van der Waals surface area contributed by atoms with Gasteiger partial charge in [0, 0.05) is 42.1 Å². The first-order chi connectivity index (χ1) is 17.7. The average molecular weight is 544 g/mol. The van der Waals surface area contributed by atoms with E-state index >= 15 is 0 Å². The van der Waals surface area contributed by atoms with Crippen molar-refractivity contribution in [3.8, 4) is 0 Å².